The molecule has 146 valence electrons. The summed E-state index contributed by atoms with van der Waals surface area (Å²) >= 11 is 6.07. The van der Waals surface area contributed by atoms with E-state index in [0.29, 0.717) is 11.4 Å². The number of morpholine rings is 1. The standard InChI is InChI=1S/C22H24ClN3O2/c1-2-3-20(27)17-6-9-21-24-22(16-4-7-18(23)8-5-16)19(26(21)14-17)15-25-10-12-28-13-11-25/h4-9,14H,2-3,10-13,15H2,1H3. The summed E-state index contributed by atoms with van der Waals surface area (Å²) in [4.78, 5) is 19.7. The van der Waals surface area contributed by atoms with Crippen molar-refractivity contribution in [2.75, 3.05) is 26.3 Å². The third-order valence-electron chi connectivity index (χ3n) is 5.11. The summed E-state index contributed by atoms with van der Waals surface area (Å²) in [6, 6.07) is 11.6. The van der Waals surface area contributed by atoms with Crippen molar-refractivity contribution in [3.63, 3.8) is 0 Å². The number of Topliss-reactive ketones (excluding diaryl/α,β-unsaturated/α-hetero) is 1. The predicted octanol–water partition coefficient (Wildman–Crippen LogP) is 4.47. The van der Waals surface area contributed by atoms with Gasteiger partial charge in [0.05, 0.1) is 24.6 Å². The molecule has 0 unspecified atom stereocenters. The molecule has 0 amide bonds. The maximum Gasteiger partial charge on any atom is 0.164 e. The van der Waals surface area contributed by atoms with Gasteiger partial charge in [0.1, 0.15) is 5.65 Å². The second-order valence-electron chi connectivity index (χ2n) is 7.12. The minimum Gasteiger partial charge on any atom is -0.379 e. The number of rotatable bonds is 6. The molecule has 5 nitrogen and oxygen atoms in total. The van der Waals surface area contributed by atoms with Gasteiger partial charge in [-0.25, -0.2) is 4.98 Å². The highest BCUT2D eigenvalue weighted by atomic mass is 35.5. The first-order valence-corrected chi connectivity index (χ1v) is 10.1. The van der Waals surface area contributed by atoms with Crippen LogP contribution in [0.15, 0.2) is 42.6 Å². The second kappa shape index (κ2) is 8.43. The third-order valence-corrected chi connectivity index (χ3v) is 5.36. The molecule has 0 bridgehead atoms. The first kappa shape index (κ1) is 19.1. The summed E-state index contributed by atoms with van der Waals surface area (Å²) < 4.78 is 7.56. The van der Waals surface area contributed by atoms with Gasteiger partial charge >= 0.3 is 0 Å². The van der Waals surface area contributed by atoms with E-state index in [2.05, 4.69) is 9.30 Å². The zero-order chi connectivity index (χ0) is 19.5. The van der Waals surface area contributed by atoms with Crippen molar-refractivity contribution in [1.29, 1.82) is 0 Å². The molecule has 0 radical (unpaired) electrons. The smallest absolute Gasteiger partial charge is 0.164 e. The molecule has 3 heterocycles. The molecule has 2 aromatic heterocycles. The molecule has 0 saturated carbocycles. The highest BCUT2D eigenvalue weighted by molar-refractivity contribution is 6.30. The van der Waals surface area contributed by atoms with Crippen LogP contribution in [0.3, 0.4) is 0 Å². The number of benzene rings is 1. The largest absolute Gasteiger partial charge is 0.379 e. The number of imidazole rings is 1. The van der Waals surface area contributed by atoms with Crippen molar-refractivity contribution in [1.82, 2.24) is 14.3 Å². The van der Waals surface area contributed by atoms with Crippen LogP contribution < -0.4 is 0 Å². The molecular formula is C22H24ClN3O2. The third kappa shape index (κ3) is 3.97. The van der Waals surface area contributed by atoms with Crippen molar-refractivity contribution in [3.8, 4) is 11.3 Å². The van der Waals surface area contributed by atoms with Crippen LogP contribution in [-0.2, 0) is 11.3 Å². The number of hydrogen-bond acceptors (Lipinski definition) is 4. The number of nitrogens with zero attached hydrogens (tertiary/aromatic N) is 3. The number of fused-ring (bicyclic) bond motifs is 1. The summed E-state index contributed by atoms with van der Waals surface area (Å²) in [6.45, 7) is 6.05. The summed E-state index contributed by atoms with van der Waals surface area (Å²) in [5, 5.41) is 0.703. The fourth-order valence-electron chi connectivity index (χ4n) is 3.59. The molecule has 0 atom stereocenters. The molecule has 4 rings (SSSR count). The van der Waals surface area contributed by atoms with E-state index in [4.69, 9.17) is 21.3 Å². The normalized spacial score (nSPS) is 15.2. The van der Waals surface area contributed by atoms with E-state index in [1.54, 1.807) is 0 Å². The van der Waals surface area contributed by atoms with E-state index in [0.717, 1.165) is 67.4 Å². The maximum atomic E-state index is 12.4. The van der Waals surface area contributed by atoms with E-state index in [1.807, 2.05) is 49.5 Å². The lowest BCUT2D eigenvalue weighted by molar-refractivity contribution is 0.0336. The van der Waals surface area contributed by atoms with Gasteiger partial charge in [-0.05, 0) is 30.7 Å². The summed E-state index contributed by atoms with van der Waals surface area (Å²) in [5.74, 6) is 0.170. The lowest BCUT2D eigenvalue weighted by Crippen LogP contribution is -2.36. The van der Waals surface area contributed by atoms with Crippen LogP contribution in [-0.4, -0.2) is 46.4 Å². The molecule has 0 N–H and O–H groups in total. The van der Waals surface area contributed by atoms with Crippen molar-refractivity contribution in [2.24, 2.45) is 0 Å². The van der Waals surface area contributed by atoms with Gasteiger partial charge in [0.2, 0.25) is 0 Å². The number of pyridine rings is 1. The number of hydrogen-bond donors (Lipinski definition) is 0. The number of aromatic nitrogens is 2. The topological polar surface area (TPSA) is 46.8 Å². The van der Waals surface area contributed by atoms with Gasteiger partial charge in [0.15, 0.2) is 5.78 Å². The first-order chi connectivity index (χ1) is 13.7. The number of ether oxygens (including phenoxy) is 1. The Balaban J connectivity index is 1.80. The molecule has 6 heteroatoms. The van der Waals surface area contributed by atoms with Gasteiger partial charge in [0.25, 0.3) is 0 Å². The number of halogens is 1. The molecule has 1 saturated heterocycles. The number of ketones is 1. The predicted molar refractivity (Wildman–Crippen MR) is 111 cm³/mol. The van der Waals surface area contributed by atoms with Gasteiger partial charge in [-0.1, -0.05) is 30.7 Å². The number of carbonyl (C=O) groups excluding carboxylic acids is 1. The Morgan fingerprint density at radius 1 is 1.14 bits per heavy atom. The van der Waals surface area contributed by atoms with Crippen molar-refractivity contribution < 1.29 is 9.53 Å². The van der Waals surface area contributed by atoms with Crippen LogP contribution in [0.4, 0.5) is 0 Å². The highest BCUT2D eigenvalue weighted by Crippen LogP contribution is 2.28. The first-order valence-electron chi connectivity index (χ1n) is 9.76. The second-order valence-corrected chi connectivity index (χ2v) is 7.56. The Labute approximate surface area is 169 Å². The van der Waals surface area contributed by atoms with E-state index in [9.17, 15) is 4.79 Å². The van der Waals surface area contributed by atoms with E-state index >= 15 is 0 Å². The van der Waals surface area contributed by atoms with Crippen LogP contribution in [0.1, 0.15) is 35.8 Å². The molecule has 28 heavy (non-hydrogen) atoms. The van der Waals surface area contributed by atoms with Crippen LogP contribution in [0.2, 0.25) is 5.02 Å². The van der Waals surface area contributed by atoms with E-state index < -0.39 is 0 Å². The van der Waals surface area contributed by atoms with Gasteiger partial charge in [-0.15, -0.1) is 0 Å². The zero-order valence-corrected chi connectivity index (χ0v) is 16.8. The Hall–Kier alpha value is -2.21. The molecular weight excluding hydrogens is 374 g/mol. The summed E-state index contributed by atoms with van der Waals surface area (Å²) in [6.07, 6.45) is 3.34. The van der Waals surface area contributed by atoms with Crippen LogP contribution in [0.5, 0.6) is 0 Å². The Kier molecular flexibility index (Phi) is 5.76. The Morgan fingerprint density at radius 2 is 1.89 bits per heavy atom. The Morgan fingerprint density at radius 3 is 2.61 bits per heavy atom. The molecule has 3 aromatic rings. The molecule has 1 fully saturated rings. The fraction of sp³-hybridized carbons (Fsp3) is 0.364. The quantitative estimate of drug-likeness (QED) is 0.576. The zero-order valence-electron chi connectivity index (χ0n) is 16.0. The van der Waals surface area contributed by atoms with Crippen LogP contribution in [0.25, 0.3) is 16.9 Å². The molecule has 1 aliphatic heterocycles. The van der Waals surface area contributed by atoms with Gasteiger partial charge < -0.3 is 9.14 Å². The summed E-state index contributed by atoms with van der Waals surface area (Å²) in [7, 11) is 0. The van der Waals surface area contributed by atoms with Crippen molar-refractivity contribution in [2.45, 2.75) is 26.3 Å². The van der Waals surface area contributed by atoms with Gasteiger partial charge in [-0.2, -0.15) is 0 Å². The van der Waals surface area contributed by atoms with Crippen molar-refractivity contribution >= 4 is 23.0 Å². The monoisotopic (exact) mass is 397 g/mol. The lowest BCUT2D eigenvalue weighted by atomic mass is 10.1. The molecule has 1 aliphatic rings. The average Bonchev–Trinajstić information content (AvgIpc) is 3.07. The molecule has 0 aliphatic carbocycles. The average molecular weight is 398 g/mol. The van der Waals surface area contributed by atoms with Gasteiger partial charge in [0, 0.05) is 48.4 Å². The highest BCUT2D eigenvalue weighted by Gasteiger charge is 2.20. The molecule has 1 aromatic carbocycles. The number of carbonyl (C=O) groups is 1. The van der Waals surface area contributed by atoms with Crippen LogP contribution in [0, 0.1) is 0 Å². The fourth-order valence-corrected chi connectivity index (χ4v) is 3.72. The summed E-state index contributed by atoms with van der Waals surface area (Å²) in [5.41, 5.74) is 4.63. The van der Waals surface area contributed by atoms with Gasteiger partial charge in [-0.3, -0.25) is 9.69 Å². The maximum absolute atomic E-state index is 12.4. The van der Waals surface area contributed by atoms with Crippen molar-refractivity contribution in [3.05, 3.63) is 58.9 Å². The minimum absolute atomic E-state index is 0.170. The minimum atomic E-state index is 0.170. The Bertz CT molecular complexity index is 975. The molecule has 0 spiro atoms. The van der Waals surface area contributed by atoms with Crippen LogP contribution >= 0.6 is 11.6 Å². The van der Waals surface area contributed by atoms with E-state index in [1.165, 1.54) is 0 Å². The lowest BCUT2D eigenvalue weighted by Gasteiger charge is -2.26. The van der Waals surface area contributed by atoms with E-state index in [-0.39, 0.29) is 5.78 Å². The SMILES string of the molecule is CCCC(=O)c1ccc2nc(-c3ccc(Cl)cc3)c(CN3CCOCC3)n2c1.